The van der Waals surface area contributed by atoms with Crippen LogP contribution in [-0.4, -0.2) is 51.5 Å². The Kier molecular flexibility index (Phi) is 5.16. The zero-order valence-corrected chi connectivity index (χ0v) is 14.8. The van der Waals surface area contributed by atoms with E-state index < -0.39 is 0 Å². The van der Waals surface area contributed by atoms with Crippen LogP contribution >= 0.6 is 0 Å². The van der Waals surface area contributed by atoms with Crippen molar-refractivity contribution in [1.82, 2.24) is 19.6 Å². The second kappa shape index (κ2) is 7.51. The molecule has 1 unspecified atom stereocenters. The number of nitrogens with zero attached hydrogens (tertiary/aromatic N) is 4. The third-order valence-corrected chi connectivity index (χ3v) is 4.76. The van der Waals surface area contributed by atoms with Crippen LogP contribution in [0.25, 0.3) is 0 Å². The van der Waals surface area contributed by atoms with Crippen molar-refractivity contribution in [2.45, 2.75) is 19.4 Å². The molecule has 2 amide bonds. The van der Waals surface area contributed by atoms with Crippen molar-refractivity contribution in [1.29, 1.82) is 0 Å². The monoisotopic (exact) mass is 340 g/mol. The Bertz CT molecular complexity index is 741. The minimum atomic E-state index is -0.00686. The summed E-state index contributed by atoms with van der Waals surface area (Å²) in [6, 6.07) is 11.7. The van der Waals surface area contributed by atoms with Gasteiger partial charge >= 0.3 is 0 Å². The summed E-state index contributed by atoms with van der Waals surface area (Å²) in [4.78, 5) is 28.6. The van der Waals surface area contributed by atoms with E-state index in [1.54, 1.807) is 28.9 Å². The third kappa shape index (κ3) is 4.07. The number of amides is 2. The Balaban J connectivity index is 1.51. The third-order valence-electron chi connectivity index (χ3n) is 4.76. The van der Waals surface area contributed by atoms with Gasteiger partial charge in [0.1, 0.15) is 5.69 Å². The van der Waals surface area contributed by atoms with Crippen molar-refractivity contribution in [3.05, 3.63) is 53.9 Å². The smallest absolute Gasteiger partial charge is 0.272 e. The normalized spacial score (nSPS) is 16.9. The van der Waals surface area contributed by atoms with E-state index in [4.69, 9.17) is 0 Å². The summed E-state index contributed by atoms with van der Waals surface area (Å²) in [5, 5.41) is 4.05. The first-order chi connectivity index (χ1) is 12.0. The van der Waals surface area contributed by atoms with Crippen molar-refractivity contribution in [2.75, 3.05) is 20.1 Å². The van der Waals surface area contributed by atoms with Crippen molar-refractivity contribution < 1.29 is 9.59 Å². The first-order valence-electron chi connectivity index (χ1n) is 8.59. The molecule has 1 aromatic heterocycles. The summed E-state index contributed by atoms with van der Waals surface area (Å²) < 4.78 is 1.59. The second-order valence-corrected chi connectivity index (χ2v) is 6.69. The van der Waals surface area contributed by atoms with Crippen LogP contribution in [0.5, 0.6) is 0 Å². The van der Waals surface area contributed by atoms with Gasteiger partial charge in [0, 0.05) is 46.3 Å². The van der Waals surface area contributed by atoms with E-state index in [1.807, 2.05) is 42.3 Å². The molecule has 0 radical (unpaired) electrons. The Morgan fingerprint density at radius 1 is 1.24 bits per heavy atom. The summed E-state index contributed by atoms with van der Waals surface area (Å²) in [6.45, 7) is 1.95. The fraction of sp³-hybridized carbons (Fsp3) is 0.421. The van der Waals surface area contributed by atoms with Gasteiger partial charge in [0.15, 0.2) is 0 Å². The van der Waals surface area contributed by atoms with Crippen LogP contribution in [0.1, 0.15) is 28.9 Å². The number of benzene rings is 1. The molecule has 2 heterocycles. The molecule has 0 bridgehead atoms. The maximum absolute atomic E-state index is 12.5. The largest absolute Gasteiger partial charge is 0.341 e. The summed E-state index contributed by atoms with van der Waals surface area (Å²) in [7, 11) is 3.60. The average molecular weight is 340 g/mol. The molecule has 132 valence electrons. The highest BCUT2D eigenvalue weighted by Crippen LogP contribution is 2.22. The number of aromatic nitrogens is 2. The van der Waals surface area contributed by atoms with Gasteiger partial charge in [-0.25, -0.2) is 0 Å². The number of hydrogen-bond acceptors (Lipinski definition) is 3. The highest BCUT2D eigenvalue weighted by molar-refractivity contribution is 5.92. The highest BCUT2D eigenvalue weighted by atomic mass is 16.2. The van der Waals surface area contributed by atoms with Crippen LogP contribution in [0.3, 0.4) is 0 Å². The Labute approximate surface area is 148 Å². The number of carbonyl (C=O) groups excluding carboxylic acids is 2. The van der Waals surface area contributed by atoms with Crippen LogP contribution < -0.4 is 0 Å². The summed E-state index contributed by atoms with van der Waals surface area (Å²) >= 11 is 0. The summed E-state index contributed by atoms with van der Waals surface area (Å²) in [5.74, 6) is 0.346. The molecule has 1 aromatic carbocycles. The van der Waals surface area contributed by atoms with Gasteiger partial charge in [-0.15, -0.1) is 0 Å². The Hall–Kier alpha value is -2.63. The first kappa shape index (κ1) is 17.2. The minimum Gasteiger partial charge on any atom is -0.341 e. The molecule has 1 atom stereocenters. The molecular formula is C19H24N4O2. The van der Waals surface area contributed by atoms with Crippen LogP contribution in [0.15, 0.2) is 42.6 Å². The number of hydrogen-bond donors (Lipinski definition) is 0. The molecule has 6 heteroatoms. The van der Waals surface area contributed by atoms with E-state index in [9.17, 15) is 9.59 Å². The average Bonchev–Trinajstić information content (AvgIpc) is 3.24. The van der Waals surface area contributed by atoms with Crippen molar-refractivity contribution in [2.24, 2.45) is 13.0 Å². The van der Waals surface area contributed by atoms with Gasteiger partial charge < -0.3 is 9.80 Å². The van der Waals surface area contributed by atoms with Gasteiger partial charge in [0.2, 0.25) is 5.91 Å². The van der Waals surface area contributed by atoms with Crippen molar-refractivity contribution >= 4 is 11.8 Å². The molecular weight excluding hydrogens is 316 g/mol. The number of likely N-dealkylation sites (tertiary alicyclic amines) is 1. The van der Waals surface area contributed by atoms with Gasteiger partial charge in [0.05, 0.1) is 0 Å². The van der Waals surface area contributed by atoms with Crippen molar-refractivity contribution in [3.8, 4) is 0 Å². The number of carbonyl (C=O) groups is 2. The van der Waals surface area contributed by atoms with Gasteiger partial charge in [-0.3, -0.25) is 14.3 Å². The standard InChI is InChI=1S/C19H24N4O2/c1-21(13-15-6-4-3-5-7-15)18(24)12-16-9-11-23(14-16)19(25)17-8-10-20-22(17)2/h3-8,10,16H,9,11-14H2,1-2H3. The fourth-order valence-corrected chi connectivity index (χ4v) is 3.28. The Morgan fingerprint density at radius 2 is 2.00 bits per heavy atom. The maximum Gasteiger partial charge on any atom is 0.272 e. The Morgan fingerprint density at radius 3 is 2.68 bits per heavy atom. The van der Waals surface area contributed by atoms with Crippen LogP contribution in [0.4, 0.5) is 0 Å². The van der Waals surface area contributed by atoms with Crippen LogP contribution in [-0.2, 0) is 18.4 Å². The van der Waals surface area contributed by atoms with Crippen LogP contribution in [0.2, 0.25) is 0 Å². The van der Waals surface area contributed by atoms with E-state index in [0.717, 1.165) is 12.0 Å². The first-order valence-corrected chi connectivity index (χ1v) is 8.59. The predicted molar refractivity (Wildman–Crippen MR) is 94.8 cm³/mol. The van der Waals surface area contributed by atoms with Gasteiger partial charge in [0.25, 0.3) is 5.91 Å². The van der Waals surface area contributed by atoms with Gasteiger partial charge in [-0.1, -0.05) is 30.3 Å². The SMILES string of the molecule is CN(Cc1ccccc1)C(=O)CC1CCN(C(=O)c2ccnn2C)C1. The van der Waals surface area contributed by atoms with E-state index in [1.165, 1.54) is 0 Å². The lowest BCUT2D eigenvalue weighted by Gasteiger charge is -2.20. The van der Waals surface area contributed by atoms with E-state index in [2.05, 4.69) is 5.10 Å². The number of aryl methyl sites for hydroxylation is 1. The van der Waals surface area contributed by atoms with Gasteiger partial charge in [-0.2, -0.15) is 5.10 Å². The fourth-order valence-electron chi connectivity index (χ4n) is 3.28. The summed E-state index contributed by atoms with van der Waals surface area (Å²) in [5.41, 5.74) is 1.71. The topological polar surface area (TPSA) is 58.4 Å². The molecule has 0 saturated carbocycles. The molecule has 1 aliphatic heterocycles. The molecule has 0 spiro atoms. The minimum absolute atomic E-state index is 0.00686. The molecule has 1 fully saturated rings. The summed E-state index contributed by atoms with van der Waals surface area (Å²) in [6.07, 6.45) is 2.98. The molecule has 0 N–H and O–H groups in total. The number of rotatable bonds is 5. The molecule has 1 aliphatic rings. The van der Waals surface area contributed by atoms with E-state index >= 15 is 0 Å². The van der Waals surface area contributed by atoms with E-state index in [0.29, 0.717) is 31.7 Å². The molecule has 25 heavy (non-hydrogen) atoms. The molecule has 6 nitrogen and oxygen atoms in total. The predicted octanol–water partition coefficient (Wildman–Crippen LogP) is 1.93. The van der Waals surface area contributed by atoms with Gasteiger partial charge in [-0.05, 0) is 24.0 Å². The second-order valence-electron chi connectivity index (χ2n) is 6.69. The lowest BCUT2D eigenvalue weighted by atomic mass is 10.0. The van der Waals surface area contributed by atoms with E-state index in [-0.39, 0.29) is 17.7 Å². The maximum atomic E-state index is 12.5. The lowest BCUT2D eigenvalue weighted by Crippen LogP contribution is -2.32. The zero-order chi connectivity index (χ0) is 17.8. The molecule has 2 aromatic rings. The van der Waals surface area contributed by atoms with Crippen LogP contribution in [0, 0.1) is 5.92 Å². The van der Waals surface area contributed by atoms with Crippen molar-refractivity contribution in [3.63, 3.8) is 0 Å². The lowest BCUT2D eigenvalue weighted by molar-refractivity contribution is -0.131. The quantitative estimate of drug-likeness (QED) is 0.836. The molecule has 3 rings (SSSR count). The molecule has 0 aliphatic carbocycles. The molecule has 1 saturated heterocycles. The zero-order valence-electron chi connectivity index (χ0n) is 14.8. The highest BCUT2D eigenvalue weighted by Gasteiger charge is 2.30.